The van der Waals surface area contributed by atoms with E-state index in [9.17, 15) is 10.1 Å². The van der Waals surface area contributed by atoms with Gasteiger partial charge in [-0.2, -0.15) is 5.26 Å². The van der Waals surface area contributed by atoms with Gasteiger partial charge in [-0.25, -0.2) is 9.18 Å². The van der Waals surface area contributed by atoms with Crippen LogP contribution in [-0.4, -0.2) is 72.8 Å². The van der Waals surface area contributed by atoms with E-state index in [2.05, 4.69) is 67.4 Å². The topological polar surface area (TPSA) is 152 Å². The van der Waals surface area contributed by atoms with Gasteiger partial charge in [0.25, 0.3) is 0 Å². The average molecular weight is 783 g/mol. The quantitative estimate of drug-likeness (QED) is 0.112. The summed E-state index contributed by atoms with van der Waals surface area (Å²) in [5.74, 6) is 1.16. The molecule has 3 aliphatic rings. The van der Waals surface area contributed by atoms with Crippen LogP contribution >= 0.6 is 11.3 Å². The third-order valence-electron chi connectivity index (χ3n) is 10.8. The number of carbonyl (C=O) groups excluding carboxylic acids is 1. The summed E-state index contributed by atoms with van der Waals surface area (Å²) in [6.45, 7) is 14.2. The molecule has 13 heteroatoms. The van der Waals surface area contributed by atoms with Gasteiger partial charge in [0.05, 0.1) is 35.7 Å². The molecule has 6 rings (SSSR count). The highest BCUT2D eigenvalue weighted by Gasteiger charge is 2.34. The lowest BCUT2D eigenvalue weighted by Gasteiger charge is -2.45. The maximum Gasteiger partial charge on any atom is 0.412 e. The summed E-state index contributed by atoms with van der Waals surface area (Å²) >= 11 is 1.03. The van der Waals surface area contributed by atoms with Gasteiger partial charge in [-0.1, -0.05) is 19.9 Å². The van der Waals surface area contributed by atoms with Crippen LogP contribution < -0.4 is 16.4 Å². The van der Waals surface area contributed by atoms with Crippen molar-refractivity contribution in [1.29, 1.82) is 10.7 Å². The number of carbonyl (C=O) groups is 1. The number of aliphatic imine (C=N–C) groups is 1. The van der Waals surface area contributed by atoms with E-state index < -0.39 is 17.5 Å². The van der Waals surface area contributed by atoms with Gasteiger partial charge in [-0.15, -0.1) is 11.3 Å². The van der Waals surface area contributed by atoms with Gasteiger partial charge in [0.15, 0.2) is 0 Å². The van der Waals surface area contributed by atoms with Crippen LogP contribution in [0.3, 0.4) is 0 Å². The standard InChI is InChI=1S/C43H55FN8O3S/c1-9-13-35(52-20-25(21-52)51(7)8)49-40(48-19-34(47)27-14-11-12-15-33(27)46)36-24(3)26(10-2)37(31-23-54-22-30(31)36)28-16-17-32(44)39-38(28)29(18-45)41(56-39)50-42(53)55-43(4,5)6/h13,16-17,25,47H,9-12,14-15,19-23,46H2,1-8H3,(H,48,49)(H,50,53)/b35-13-,47-34?. The minimum Gasteiger partial charge on any atom is -0.444 e. The molecule has 56 heavy (non-hydrogen) atoms. The minimum absolute atomic E-state index is 0.169. The first-order chi connectivity index (χ1) is 26.7. The predicted molar refractivity (Wildman–Crippen MR) is 224 cm³/mol. The first-order valence-electron chi connectivity index (χ1n) is 19.6. The smallest absolute Gasteiger partial charge is 0.412 e. The number of benzene rings is 2. The molecule has 0 unspecified atom stereocenters. The van der Waals surface area contributed by atoms with Crippen LogP contribution in [0, 0.1) is 29.5 Å². The van der Waals surface area contributed by atoms with Gasteiger partial charge in [0.1, 0.15) is 34.1 Å². The lowest BCUT2D eigenvalue weighted by molar-refractivity contribution is 0.0636. The SMILES string of the molecule is CC/C=C(/NC(=NCC(=N)C1=C(N)CCCC1)c1c(C)c(CC)c(-c2ccc(F)c3sc(NC(=O)OC(C)(C)C)c(C#N)c23)c2c1COC2)N1CC(N(C)C)C1. The van der Waals surface area contributed by atoms with E-state index in [4.69, 9.17) is 25.6 Å². The number of halogens is 1. The molecule has 1 saturated heterocycles. The number of hydrogen-bond donors (Lipinski definition) is 4. The van der Waals surface area contributed by atoms with Crippen molar-refractivity contribution in [3.05, 3.63) is 74.5 Å². The van der Waals surface area contributed by atoms with E-state index in [-0.39, 0.29) is 21.8 Å². The van der Waals surface area contributed by atoms with E-state index in [0.717, 1.165) is 107 Å². The van der Waals surface area contributed by atoms with Crippen LogP contribution in [0.2, 0.25) is 0 Å². The predicted octanol–water partition coefficient (Wildman–Crippen LogP) is 8.47. The molecule has 11 nitrogen and oxygen atoms in total. The van der Waals surface area contributed by atoms with Gasteiger partial charge in [0.2, 0.25) is 0 Å². The molecule has 1 amide bonds. The van der Waals surface area contributed by atoms with Crippen molar-refractivity contribution in [2.75, 3.05) is 39.0 Å². The second-order valence-electron chi connectivity index (χ2n) is 16.0. The van der Waals surface area contributed by atoms with E-state index in [1.165, 1.54) is 6.07 Å². The minimum atomic E-state index is -0.755. The summed E-state index contributed by atoms with van der Waals surface area (Å²) in [5, 5.41) is 26.7. The first-order valence-corrected chi connectivity index (χ1v) is 20.4. The summed E-state index contributed by atoms with van der Waals surface area (Å²) in [6.07, 6.45) is 6.57. The van der Waals surface area contributed by atoms with E-state index in [1.807, 2.05) is 0 Å². The Kier molecular flexibility index (Phi) is 12.2. The number of nitrogens with two attached hydrogens (primary N) is 1. The molecule has 3 aromatic rings. The summed E-state index contributed by atoms with van der Waals surface area (Å²) in [6, 6.07) is 5.87. The van der Waals surface area contributed by atoms with Crippen molar-refractivity contribution in [2.24, 2.45) is 10.7 Å². The number of rotatable bonds is 11. The Labute approximate surface area is 333 Å². The van der Waals surface area contributed by atoms with Crippen LogP contribution in [0.1, 0.15) is 100 Å². The monoisotopic (exact) mass is 782 g/mol. The number of likely N-dealkylation sites (tertiary alicyclic amines) is 1. The third kappa shape index (κ3) is 8.19. The molecular formula is C43H55FN8O3S. The summed E-state index contributed by atoms with van der Waals surface area (Å²) < 4.78 is 27.6. The molecule has 0 atom stereocenters. The Morgan fingerprint density at radius 2 is 1.93 bits per heavy atom. The molecule has 2 aromatic carbocycles. The van der Waals surface area contributed by atoms with E-state index >= 15 is 4.39 Å². The molecule has 0 radical (unpaired) electrons. The molecule has 1 aromatic heterocycles. The van der Waals surface area contributed by atoms with Crippen molar-refractivity contribution >= 4 is 44.1 Å². The van der Waals surface area contributed by atoms with E-state index in [1.54, 1.807) is 26.8 Å². The molecule has 298 valence electrons. The average Bonchev–Trinajstić information content (AvgIpc) is 3.74. The number of thiophene rings is 1. The van der Waals surface area contributed by atoms with Crippen molar-refractivity contribution < 1.29 is 18.7 Å². The zero-order valence-electron chi connectivity index (χ0n) is 34.0. The summed E-state index contributed by atoms with van der Waals surface area (Å²) in [4.78, 5) is 22.6. The number of ether oxygens (including phenoxy) is 2. The normalized spacial score (nSPS) is 16.6. The van der Waals surface area contributed by atoms with Crippen LogP contribution in [0.4, 0.5) is 14.2 Å². The molecule has 0 bridgehead atoms. The van der Waals surface area contributed by atoms with Crippen molar-refractivity contribution in [1.82, 2.24) is 15.1 Å². The number of amides is 1. The second kappa shape index (κ2) is 16.8. The number of allylic oxidation sites excluding steroid dienone is 2. The lowest BCUT2D eigenvalue weighted by atomic mass is 9.82. The fraction of sp³-hybridized carbons (Fsp3) is 0.488. The summed E-state index contributed by atoms with van der Waals surface area (Å²) in [5.41, 5.74) is 14.4. The Balaban J connectivity index is 1.52. The first kappa shape index (κ1) is 40.9. The Morgan fingerprint density at radius 3 is 2.57 bits per heavy atom. The third-order valence-corrected chi connectivity index (χ3v) is 11.9. The number of fused-ring (bicyclic) bond motifs is 2. The van der Waals surface area contributed by atoms with Crippen LogP contribution in [-0.2, 0) is 29.1 Å². The van der Waals surface area contributed by atoms with Crippen molar-refractivity contribution in [2.45, 2.75) is 105 Å². The summed E-state index contributed by atoms with van der Waals surface area (Å²) in [7, 11) is 4.21. The van der Waals surface area contributed by atoms with Crippen molar-refractivity contribution in [3.8, 4) is 17.2 Å². The number of nitriles is 1. The number of nitrogens with zero attached hydrogens (tertiary/aromatic N) is 4. The molecule has 0 spiro atoms. The van der Waals surface area contributed by atoms with E-state index in [0.29, 0.717) is 48.2 Å². The van der Waals surface area contributed by atoms with Crippen LogP contribution in [0.5, 0.6) is 0 Å². The molecule has 3 heterocycles. The van der Waals surface area contributed by atoms with Gasteiger partial charge < -0.3 is 35.7 Å². The zero-order valence-corrected chi connectivity index (χ0v) is 34.8. The van der Waals surface area contributed by atoms with Crippen molar-refractivity contribution in [3.63, 3.8) is 0 Å². The molecule has 1 fully saturated rings. The largest absolute Gasteiger partial charge is 0.444 e. The second-order valence-corrected chi connectivity index (χ2v) is 17.0. The number of hydrogen-bond acceptors (Lipinski definition) is 10. The highest BCUT2D eigenvalue weighted by atomic mass is 32.1. The molecule has 0 saturated carbocycles. The van der Waals surface area contributed by atoms with Gasteiger partial charge in [-0.3, -0.25) is 10.3 Å². The number of likely N-dealkylation sites (N-methyl/N-ethyl adjacent to an activating group) is 1. The number of amidine groups is 1. The fourth-order valence-electron chi connectivity index (χ4n) is 7.94. The maximum absolute atomic E-state index is 15.7. The maximum atomic E-state index is 15.7. The lowest BCUT2D eigenvalue weighted by Crippen LogP contribution is -2.58. The highest BCUT2D eigenvalue weighted by Crippen LogP contribution is 2.47. The van der Waals surface area contributed by atoms with Crippen LogP contribution in [0.15, 0.2) is 40.3 Å². The number of anilines is 1. The molecule has 1 aliphatic carbocycles. The Hall–Kier alpha value is -4.77. The molecular weight excluding hydrogens is 728 g/mol. The Morgan fingerprint density at radius 1 is 1.21 bits per heavy atom. The van der Waals surface area contributed by atoms with Crippen LogP contribution in [0.25, 0.3) is 21.2 Å². The fourth-order valence-corrected chi connectivity index (χ4v) is 9.01. The Bertz CT molecular complexity index is 2180. The van der Waals surface area contributed by atoms with Gasteiger partial charge in [-0.05, 0) is 131 Å². The van der Waals surface area contributed by atoms with Gasteiger partial charge >= 0.3 is 6.09 Å². The number of nitrogens with one attached hydrogen (secondary N) is 3. The zero-order chi connectivity index (χ0) is 40.5. The molecule has 5 N–H and O–H groups in total. The van der Waals surface area contributed by atoms with Gasteiger partial charge in [0, 0.05) is 35.8 Å². The highest BCUT2D eigenvalue weighted by molar-refractivity contribution is 7.23. The molecule has 2 aliphatic heterocycles.